The number of ether oxygens (including phenoxy) is 6. The normalized spacial score (nSPS) is 17.5. The highest BCUT2D eigenvalue weighted by Crippen LogP contribution is 2.52. The summed E-state index contributed by atoms with van der Waals surface area (Å²) in [6, 6.07) is 42.4. The summed E-state index contributed by atoms with van der Waals surface area (Å²) in [5.74, 6) is 2.43. The third kappa shape index (κ3) is 27.1. The van der Waals surface area contributed by atoms with Crippen LogP contribution >= 0.6 is 136 Å². The molecular formula is C109H130Br2Cl4IN11O12S3. The van der Waals surface area contributed by atoms with Crippen molar-refractivity contribution in [2.45, 2.75) is 258 Å². The number of aromatic nitrogens is 5. The second kappa shape index (κ2) is 46.3. The van der Waals surface area contributed by atoms with Crippen LogP contribution < -0.4 is 33.2 Å². The lowest BCUT2D eigenvalue weighted by atomic mass is 9.85. The molecule has 4 bridgehead atoms. The molecule has 760 valence electrons. The number of hydrogen-bond acceptors (Lipinski definition) is 26. The molecule has 4 saturated carbocycles. The summed E-state index contributed by atoms with van der Waals surface area (Å²) >= 11 is 37.3. The number of benzene rings is 8. The number of carbonyl (C=O) groups excluding carboxylic acids is 4. The number of anilines is 5. The highest BCUT2D eigenvalue weighted by molar-refractivity contribution is 14.0. The second-order valence-electron chi connectivity index (χ2n) is 42.8. The van der Waals surface area contributed by atoms with Gasteiger partial charge in [-0.25, -0.2) is 34.1 Å². The van der Waals surface area contributed by atoms with Crippen molar-refractivity contribution in [3.8, 4) is 22.5 Å². The molecule has 4 aliphatic carbocycles. The largest absolute Gasteiger partial charge is 0.465 e. The molecule has 9 N–H and O–H groups in total. The molecule has 8 aromatic carbocycles. The first-order chi connectivity index (χ1) is 66.3. The minimum atomic E-state index is -0.339. The van der Waals surface area contributed by atoms with Gasteiger partial charge in [0, 0.05) is 86.7 Å². The monoisotopic (exact) mass is 2310 g/mol. The number of carbonyl (C=O) groups is 4. The Labute approximate surface area is 899 Å². The first kappa shape index (κ1) is 112. The lowest BCUT2D eigenvalue weighted by Gasteiger charge is -2.31. The van der Waals surface area contributed by atoms with Crippen LogP contribution in [-0.2, 0) is 74.1 Å². The maximum absolute atomic E-state index is 12.4. The summed E-state index contributed by atoms with van der Waals surface area (Å²) in [7, 11) is 5.56. The number of nitrogens with two attached hydrogens (primary N) is 4. The molecule has 23 nitrogen and oxygen atoms in total. The smallest absolute Gasteiger partial charge is 0.337 e. The average Bonchev–Trinajstić information content (AvgIpc) is 1.59. The van der Waals surface area contributed by atoms with Crippen LogP contribution in [-0.4, -0.2) is 115 Å². The minimum absolute atomic E-state index is 0. The van der Waals surface area contributed by atoms with E-state index in [0.717, 1.165) is 170 Å². The highest BCUT2D eigenvalue weighted by Gasteiger charge is 2.48. The predicted octanol–water partition coefficient (Wildman–Crippen LogP) is 29.2. The Kier molecular flexibility index (Phi) is 36.6. The SMILES string of the molecule is CC(C)(C)c1cc(Br)ccc1N.CC(C)(C)c1ccccc1N.COC(=O)c1cc(C(C)(C)C)c2nc(Br)sc2c1.COC(=O)c1cc(C(C)(C)C)c2nc(N)sc2c1.COC(=O)c1cc(C(C)(C)C)c2nc(N3C[C@@H]4C[C@H]3C[C@H]4OCc3c(-c4c(Cl)cccc4Cl)noc3C3CC3)sc2c1.COC(=O)c1ccc(N)c(C(C)(C)C)c1.Clc1cccc(Cl)c1-c1noc(C2CC2)c1CO[C@@H]1C[C@@H]2C[C@H]1CN2.I. The third-order valence-corrected chi connectivity index (χ3v) is 30.9. The Balaban J connectivity index is 0.000000156. The van der Waals surface area contributed by atoms with E-state index in [1.54, 1.807) is 35.6 Å². The molecule has 0 spiro atoms. The summed E-state index contributed by atoms with van der Waals surface area (Å²) in [4.78, 5) is 63.5. The number of esters is 4. The van der Waals surface area contributed by atoms with Crippen molar-refractivity contribution in [1.29, 1.82) is 0 Å². The lowest BCUT2D eigenvalue weighted by molar-refractivity contribution is 0.00913. The molecule has 6 fully saturated rings. The molecule has 2 aliphatic heterocycles. The van der Waals surface area contributed by atoms with Gasteiger partial charge >= 0.3 is 23.9 Å². The van der Waals surface area contributed by atoms with E-state index in [0.29, 0.717) is 119 Å². The first-order valence-corrected chi connectivity index (χ1v) is 52.8. The Morgan fingerprint density at radius 3 is 1.23 bits per heavy atom. The zero-order valence-corrected chi connectivity index (χ0v) is 95.6. The van der Waals surface area contributed by atoms with Gasteiger partial charge in [-0.2, -0.15) is 0 Å². The van der Waals surface area contributed by atoms with Crippen LogP contribution in [0.5, 0.6) is 0 Å². The Morgan fingerprint density at radius 1 is 0.437 bits per heavy atom. The molecule has 0 unspecified atom stereocenters. The molecular weight excluding hydrogens is 2180 g/mol. The van der Waals surface area contributed by atoms with Gasteiger partial charge in [0.15, 0.2) is 14.2 Å². The quantitative estimate of drug-likeness (QED) is 0.0275. The van der Waals surface area contributed by atoms with Gasteiger partial charge < -0.3 is 70.6 Å². The number of fused-ring (bicyclic) bond motifs is 7. The molecule has 33 heteroatoms. The van der Waals surface area contributed by atoms with Crippen molar-refractivity contribution >= 4 is 218 Å². The van der Waals surface area contributed by atoms with Gasteiger partial charge in [-0.05, 0) is 242 Å². The second-order valence-corrected chi connectivity index (χ2v) is 49.7. The van der Waals surface area contributed by atoms with E-state index in [9.17, 15) is 19.2 Å². The summed E-state index contributed by atoms with van der Waals surface area (Å²) < 4.78 is 48.6. The van der Waals surface area contributed by atoms with Gasteiger partial charge in [0.2, 0.25) is 0 Å². The zero-order valence-electron chi connectivity index (χ0n) is 84.6. The van der Waals surface area contributed by atoms with Gasteiger partial charge in [0.05, 0.1) is 127 Å². The Morgan fingerprint density at radius 2 is 0.831 bits per heavy atom. The first-order valence-electron chi connectivity index (χ1n) is 47.3. The fraction of sp³-hybridized carbons (Fsp3) is 0.440. The maximum Gasteiger partial charge on any atom is 0.337 e. The summed E-state index contributed by atoms with van der Waals surface area (Å²) in [6.07, 6.45) is 9.29. The number of nitrogens with zero attached hydrogens (tertiary/aromatic N) is 6. The van der Waals surface area contributed by atoms with Gasteiger partial charge in [0.25, 0.3) is 0 Å². The van der Waals surface area contributed by atoms with Crippen molar-refractivity contribution < 1.29 is 56.6 Å². The van der Waals surface area contributed by atoms with Crippen LogP contribution in [0.1, 0.15) is 285 Å². The molecule has 13 aromatic rings. The fourth-order valence-electron chi connectivity index (χ4n) is 18.2. The van der Waals surface area contributed by atoms with Gasteiger partial charge in [0.1, 0.15) is 22.9 Å². The topological polar surface area (TPSA) is 334 Å². The van der Waals surface area contributed by atoms with E-state index >= 15 is 0 Å². The number of piperidine rings is 2. The van der Waals surface area contributed by atoms with Crippen LogP contribution in [0.15, 0.2) is 151 Å². The van der Waals surface area contributed by atoms with Crippen LogP contribution in [0.25, 0.3) is 53.2 Å². The summed E-state index contributed by atoms with van der Waals surface area (Å²) in [6.45, 7) is 41.1. The van der Waals surface area contributed by atoms with E-state index < -0.39 is 0 Å². The molecule has 6 atom stereocenters. The third-order valence-electron chi connectivity index (χ3n) is 25.9. The summed E-state index contributed by atoms with van der Waals surface area (Å²) in [5.41, 5.74) is 42.0. The van der Waals surface area contributed by atoms with Gasteiger partial charge in [-0.15, -0.1) is 35.3 Å². The van der Waals surface area contributed by atoms with Crippen LogP contribution in [0.4, 0.5) is 27.3 Å². The number of nitrogens with one attached hydrogen (secondary N) is 1. The number of methoxy groups -OCH3 is 4. The van der Waals surface area contributed by atoms with E-state index in [1.807, 2.05) is 97.1 Å². The van der Waals surface area contributed by atoms with E-state index in [2.05, 4.69) is 204 Å². The number of nitrogen functional groups attached to an aromatic ring is 4. The molecule has 5 aromatic heterocycles. The number of halogens is 7. The Bertz CT molecular complexity index is 6580. The van der Waals surface area contributed by atoms with Crippen molar-refractivity contribution in [2.75, 3.05) is 69.4 Å². The van der Waals surface area contributed by atoms with E-state index in [-0.39, 0.29) is 86.4 Å². The van der Waals surface area contributed by atoms with Crippen molar-refractivity contribution in [2.24, 2.45) is 11.8 Å². The van der Waals surface area contributed by atoms with Crippen LogP contribution in [0.3, 0.4) is 0 Å². The van der Waals surface area contributed by atoms with Crippen molar-refractivity contribution in [1.82, 2.24) is 30.6 Å². The van der Waals surface area contributed by atoms with Gasteiger partial charge in [-0.3, -0.25) is 0 Å². The molecule has 142 heavy (non-hydrogen) atoms. The van der Waals surface area contributed by atoms with Crippen molar-refractivity contribution in [3.05, 3.63) is 240 Å². The van der Waals surface area contributed by atoms with Crippen LogP contribution in [0, 0.1) is 11.8 Å². The molecule has 2 saturated heterocycles. The summed E-state index contributed by atoms with van der Waals surface area (Å²) in [5, 5.41) is 16.1. The number of thiazole rings is 3. The number of para-hydroxylation sites is 1. The predicted molar refractivity (Wildman–Crippen MR) is 598 cm³/mol. The Hall–Kier alpha value is -8.54. The van der Waals surface area contributed by atoms with E-state index in [4.69, 9.17) is 107 Å². The highest BCUT2D eigenvalue weighted by atomic mass is 127. The molecule has 0 amide bonds. The molecule has 0 radical (unpaired) electrons. The average molecular weight is 2310 g/mol. The minimum Gasteiger partial charge on any atom is -0.465 e. The maximum atomic E-state index is 12.4. The van der Waals surface area contributed by atoms with Gasteiger partial charge in [-0.1, -0.05) is 250 Å². The zero-order chi connectivity index (χ0) is 103. The molecule has 7 heterocycles. The number of hydrogen-bond donors (Lipinski definition) is 5. The standard InChI is InChI=1S/C32H33Cl2N3O4S.C19H20Cl2N2O2.C13H14BrNO2S.C13H16N2O2S.C12H17NO2.C10H14BrN.C10H15N.HI/c1-32(2,3)21-11-17(30(38)39-4)12-25-28(21)35-31(42-25)37-14-18-10-19(37)13-24(18)40-15-20-27(36-41-29(20)16-8-9-16)26-22(33)6-5-7-23(26)34;20-14-2-1-3-15(21)17(14)18-13(19(25-23-18)10-4-5-10)9-24-16-7-12-6-11(16)8-22-12;2*1-13(2,3)8-5-7(11(16)17-4)6-9-10(8)15-12(14)18-9;1-12(2,3)9-7-8(11(14)15-4)5-6-10(9)13;1-10(2,3)8-6-7(11)4-5-9(8)12;1-10(2,3)8-6-4-5-7-9(8)11;/h5-7,11-12,16,18-19,24H,8-10,13-15H2,1-4H3;1-3,10-12,16,22H,4-9H2;5-6H,1-4H3;5-6H,1-4H3,(H2,14,15);5-7H,13H2,1-4H3;4-6H,12H2,1-3H3;4-7H,11H2,1-3H3;1H/t18-,19-,24+;11-,12-,16+;;;;;;/m00....../s1. The number of rotatable bonds is 15. The molecule has 6 aliphatic rings. The van der Waals surface area contributed by atoms with E-state index in [1.165, 1.54) is 68.7 Å². The van der Waals surface area contributed by atoms with Crippen LogP contribution in [0.2, 0.25) is 20.1 Å². The van der Waals surface area contributed by atoms with Crippen molar-refractivity contribution in [3.63, 3.8) is 0 Å². The molecule has 19 rings (SSSR count). The lowest BCUT2D eigenvalue weighted by Crippen LogP contribution is -2.38. The fourth-order valence-corrected chi connectivity index (χ4v) is 23.1.